The molecule has 2 saturated heterocycles. The number of rotatable bonds is 6. The maximum absolute atomic E-state index is 12.6. The summed E-state index contributed by atoms with van der Waals surface area (Å²) in [6, 6.07) is 4.45. The van der Waals surface area contributed by atoms with Gasteiger partial charge in [-0.25, -0.2) is 15.1 Å². The Bertz CT molecular complexity index is 1280. The second-order valence-electron chi connectivity index (χ2n) is 9.93. The maximum Gasteiger partial charge on any atom is 0.303 e. The Kier molecular flexibility index (Phi) is 6.71. The van der Waals surface area contributed by atoms with E-state index in [0.717, 1.165) is 44.6 Å². The van der Waals surface area contributed by atoms with E-state index >= 15 is 0 Å². The van der Waals surface area contributed by atoms with Gasteiger partial charge >= 0.3 is 5.97 Å². The number of piperidine rings is 2. The Morgan fingerprint density at radius 1 is 1.11 bits per heavy atom. The van der Waals surface area contributed by atoms with Crippen LogP contribution in [0.4, 0.5) is 23.3 Å². The van der Waals surface area contributed by atoms with E-state index in [-0.39, 0.29) is 17.9 Å². The highest BCUT2D eigenvalue weighted by Crippen LogP contribution is 2.31. The van der Waals surface area contributed by atoms with Crippen LogP contribution in [0.25, 0.3) is 10.9 Å². The second kappa shape index (κ2) is 10.1. The number of aromatic amines is 1. The maximum atomic E-state index is 12.6. The molecule has 2 fully saturated rings. The van der Waals surface area contributed by atoms with Gasteiger partial charge in [0.2, 0.25) is 5.95 Å². The van der Waals surface area contributed by atoms with Gasteiger partial charge < -0.3 is 20.2 Å². The summed E-state index contributed by atoms with van der Waals surface area (Å²) in [6.07, 6.45) is 8.51. The average Bonchev–Trinajstić information content (AvgIpc) is 2.85. The van der Waals surface area contributed by atoms with Gasteiger partial charge in [0.25, 0.3) is 5.56 Å². The molecular weight excluding hydrogens is 460 g/mol. The van der Waals surface area contributed by atoms with E-state index in [1.807, 2.05) is 12.1 Å². The molecular formula is C25H32N8O3. The molecule has 3 aromatic heterocycles. The molecule has 0 aromatic carbocycles. The van der Waals surface area contributed by atoms with Crippen LogP contribution in [-0.4, -0.2) is 61.4 Å². The molecule has 11 heteroatoms. The van der Waals surface area contributed by atoms with Gasteiger partial charge in [-0.1, -0.05) is 0 Å². The molecule has 3 aromatic rings. The largest absolute Gasteiger partial charge is 0.481 e. The van der Waals surface area contributed by atoms with E-state index in [1.54, 1.807) is 12.4 Å². The van der Waals surface area contributed by atoms with Crippen LogP contribution in [0.5, 0.6) is 0 Å². The summed E-state index contributed by atoms with van der Waals surface area (Å²) in [4.78, 5) is 42.1. The molecule has 2 atom stereocenters. The van der Waals surface area contributed by atoms with Crippen LogP contribution in [0, 0.1) is 5.92 Å². The standard InChI is InChI=1S/C25H32N8O3/c1-15-4-3-5-16(2)33(15)25-29-19-14-27-31-24(36)22(19)23(30-25)28-18-6-7-20(26-13-18)32-10-8-17(9-11-32)12-21(34)35/h6-7,13-17H,3-5,8-12H2,1-2H3,(H,31,36)(H,34,35)(H,28,29,30). The number of anilines is 4. The van der Waals surface area contributed by atoms with Gasteiger partial charge in [0, 0.05) is 31.6 Å². The van der Waals surface area contributed by atoms with E-state index in [0.29, 0.717) is 40.4 Å². The zero-order chi connectivity index (χ0) is 25.2. The van der Waals surface area contributed by atoms with Crippen LogP contribution in [0.1, 0.15) is 52.4 Å². The van der Waals surface area contributed by atoms with Crippen LogP contribution in [-0.2, 0) is 4.79 Å². The minimum Gasteiger partial charge on any atom is -0.481 e. The summed E-state index contributed by atoms with van der Waals surface area (Å²) in [5.41, 5.74) is 0.849. The third-order valence-electron chi connectivity index (χ3n) is 7.34. The summed E-state index contributed by atoms with van der Waals surface area (Å²) in [6.45, 7) is 5.93. The van der Waals surface area contributed by atoms with Gasteiger partial charge in [-0.2, -0.15) is 10.1 Å². The number of carboxylic acid groups (broad SMARTS) is 1. The molecule has 3 N–H and O–H groups in total. The molecule has 0 saturated carbocycles. The molecule has 2 aliphatic heterocycles. The van der Waals surface area contributed by atoms with E-state index in [9.17, 15) is 9.59 Å². The number of aliphatic carboxylic acids is 1. The molecule has 0 aliphatic carbocycles. The topological polar surface area (TPSA) is 140 Å². The Labute approximate surface area is 209 Å². The summed E-state index contributed by atoms with van der Waals surface area (Å²) in [7, 11) is 0. The molecule has 36 heavy (non-hydrogen) atoms. The lowest BCUT2D eigenvalue weighted by molar-refractivity contribution is -0.138. The van der Waals surface area contributed by atoms with Gasteiger partial charge in [0.15, 0.2) is 0 Å². The number of pyridine rings is 1. The monoisotopic (exact) mass is 492 g/mol. The van der Waals surface area contributed by atoms with Crippen molar-refractivity contribution in [1.82, 2.24) is 25.1 Å². The van der Waals surface area contributed by atoms with Crippen LogP contribution in [0.2, 0.25) is 0 Å². The first-order chi connectivity index (χ1) is 17.4. The van der Waals surface area contributed by atoms with Crippen molar-refractivity contribution >= 4 is 40.1 Å². The minimum absolute atomic E-state index is 0.220. The van der Waals surface area contributed by atoms with Crippen LogP contribution >= 0.6 is 0 Å². The summed E-state index contributed by atoms with van der Waals surface area (Å²) in [5, 5.41) is 19.1. The number of H-pyrrole nitrogens is 1. The predicted molar refractivity (Wildman–Crippen MR) is 138 cm³/mol. The summed E-state index contributed by atoms with van der Waals surface area (Å²) >= 11 is 0. The zero-order valence-electron chi connectivity index (χ0n) is 20.6. The first-order valence-electron chi connectivity index (χ1n) is 12.6. The molecule has 0 bridgehead atoms. The lowest BCUT2D eigenvalue weighted by Crippen LogP contribution is -2.44. The fraction of sp³-hybridized carbons (Fsp3) is 0.520. The Hall–Kier alpha value is -3.76. The fourth-order valence-corrected chi connectivity index (χ4v) is 5.41. The first-order valence-corrected chi connectivity index (χ1v) is 12.6. The van der Waals surface area contributed by atoms with Gasteiger partial charge in [-0.05, 0) is 64.0 Å². The number of fused-ring (bicyclic) bond motifs is 1. The van der Waals surface area contributed by atoms with Gasteiger partial charge in [-0.3, -0.25) is 9.59 Å². The fourth-order valence-electron chi connectivity index (χ4n) is 5.41. The third-order valence-corrected chi connectivity index (χ3v) is 7.34. The molecule has 2 unspecified atom stereocenters. The van der Waals surface area contributed by atoms with Crippen molar-refractivity contribution in [2.75, 3.05) is 28.2 Å². The van der Waals surface area contributed by atoms with Crippen molar-refractivity contribution in [3.8, 4) is 0 Å². The molecule has 5 heterocycles. The Balaban J connectivity index is 1.39. The smallest absolute Gasteiger partial charge is 0.303 e. The van der Waals surface area contributed by atoms with Crippen LogP contribution < -0.4 is 20.7 Å². The van der Waals surface area contributed by atoms with Crippen LogP contribution in [0.15, 0.2) is 29.3 Å². The Morgan fingerprint density at radius 3 is 2.53 bits per heavy atom. The van der Waals surface area contributed by atoms with Crippen molar-refractivity contribution in [3.05, 3.63) is 34.9 Å². The van der Waals surface area contributed by atoms with E-state index in [4.69, 9.17) is 15.1 Å². The molecule has 11 nitrogen and oxygen atoms in total. The number of hydrogen-bond donors (Lipinski definition) is 3. The zero-order valence-corrected chi connectivity index (χ0v) is 20.6. The van der Waals surface area contributed by atoms with Crippen molar-refractivity contribution in [3.63, 3.8) is 0 Å². The third kappa shape index (κ3) is 4.95. The van der Waals surface area contributed by atoms with Crippen molar-refractivity contribution < 1.29 is 9.90 Å². The quantitative estimate of drug-likeness (QED) is 0.469. The minimum atomic E-state index is -0.735. The molecule has 0 spiro atoms. The molecule has 190 valence electrons. The van der Waals surface area contributed by atoms with Crippen molar-refractivity contribution in [1.29, 1.82) is 0 Å². The number of carbonyl (C=O) groups is 1. The summed E-state index contributed by atoms with van der Waals surface area (Å²) in [5.74, 6) is 1.35. The van der Waals surface area contributed by atoms with E-state index < -0.39 is 5.97 Å². The van der Waals surface area contributed by atoms with E-state index in [2.05, 4.69) is 44.1 Å². The predicted octanol–water partition coefficient (Wildman–Crippen LogP) is 3.31. The second-order valence-corrected chi connectivity index (χ2v) is 9.93. The van der Waals surface area contributed by atoms with E-state index in [1.165, 1.54) is 6.42 Å². The number of nitrogens with zero attached hydrogens (tertiary/aromatic N) is 6. The number of carboxylic acids is 1. The average molecular weight is 493 g/mol. The molecule has 2 aliphatic rings. The Morgan fingerprint density at radius 2 is 1.86 bits per heavy atom. The van der Waals surface area contributed by atoms with Gasteiger partial charge in [-0.15, -0.1) is 0 Å². The highest BCUT2D eigenvalue weighted by molar-refractivity contribution is 5.90. The number of nitrogens with one attached hydrogen (secondary N) is 2. The van der Waals surface area contributed by atoms with Gasteiger partial charge in [0.05, 0.1) is 18.1 Å². The molecule has 0 amide bonds. The SMILES string of the molecule is CC1CCCC(C)N1c1nc(Nc2ccc(N3CCC(CC(=O)O)CC3)nc2)c2c(=O)[nH]ncc2n1. The number of hydrogen-bond acceptors (Lipinski definition) is 9. The van der Waals surface area contributed by atoms with Crippen molar-refractivity contribution in [2.45, 2.75) is 64.5 Å². The number of aromatic nitrogens is 5. The summed E-state index contributed by atoms with van der Waals surface area (Å²) < 4.78 is 0. The first kappa shape index (κ1) is 24.0. The normalized spacial score (nSPS) is 21.1. The highest BCUT2D eigenvalue weighted by atomic mass is 16.4. The molecule has 0 radical (unpaired) electrons. The molecule has 5 rings (SSSR count). The lowest BCUT2D eigenvalue weighted by Gasteiger charge is -2.39. The van der Waals surface area contributed by atoms with Crippen LogP contribution in [0.3, 0.4) is 0 Å². The highest BCUT2D eigenvalue weighted by Gasteiger charge is 2.28. The van der Waals surface area contributed by atoms with Gasteiger partial charge in [0.1, 0.15) is 22.5 Å². The van der Waals surface area contributed by atoms with Crippen molar-refractivity contribution in [2.24, 2.45) is 5.92 Å². The lowest BCUT2D eigenvalue weighted by atomic mass is 9.94.